The average molecular weight is 336 g/mol. The Morgan fingerprint density at radius 3 is 2.84 bits per heavy atom. The summed E-state index contributed by atoms with van der Waals surface area (Å²) < 4.78 is 0. The molecule has 0 radical (unpaired) electrons. The predicted molar refractivity (Wildman–Crippen MR) is 92.8 cm³/mol. The topological polar surface area (TPSA) is 92.5 Å². The number of nitro benzene ring substituents is 1. The number of aromatic carboxylic acids is 1. The van der Waals surface area contributed by atoms with E-state index in [2.05, 4.69) is 17.5 Å². The van der Waals surface area contributed by atoms with E-state index in [0.29, 0.717) is 0 Å². The van der Waals surface area contributed by atoms with Gasteiger partial charge in [-0.05, 0) is 41.7 Å². The number of nitrogens with one attached hydrogen (secondary N) is 1. The second kappa shape index (κ2) is 5.73. The largest absolute Gasteiger partial charge is 0.478 e. The molecule has 1 aliphatic carbocycles. The van der Waals surface area contributed by atoms with E-state index in [0.717, 1.165) is 23.2 Å². The van der Waals surface area contributed by atoms with Gasteiger partial charge in [0.2, 0.25) is 0 Å². The van der Waals surface area contributed by atoms with Crippen LogP contribution in [0.15, 0.2) is 54.6 Å². The first-order chi connectivity index (χ1) is 12.0. The maximum Gasteiger partial charge on any atom is 0.335 e. The molecule has 2 N–H and O–H groups in total. The van der Waals surface area contributed by atoms with Crippen LogP contribution in [0.4, 0.5) is 11.4 Å². The number of carbonyl (C=O) groups is 1. The summed E-state index contributed by atoms with van der Waals surface area (Å²) in [5, 5.41) is 23.8. The van der Waals surface area contributed by atoms with Gasteiger partial charge in [0.05, 0.1) is 16.5 Å². The number of hydrogen-bond acceptors (Lipinski definition) is 4. The van der Waals surface area contributed by atoms with Crippen molar-refractivity contribution >= 4 is 17.3 Å². The SMILES string of the molecule is O=C(O)c1ccc2c(c1)[C@H]1C=CC[C@@H]1[C@@H](c1cccc([N+](=O)[O-])c1)N2. The summed E-state index contributed by atoms with van der Waals surface area (Å²) in [6.45, 7) is 0. The van der Waals surface area contributed by atoms with Crippen LogP contribution in [0.2, 0.25) is 0 Å². The predicted octanol–water partition coefficient (Wildman–Crippen LogP) is 4.12. The molecule has 1 aliphatic heterocycles. The van der Waals surface area contributed by atoms with Gasteiger partial charge < -0.3 is 10.4 Å². The Morgan fingerprint density at radius 2 is 2.08 bits per heavy atom. The Hall–Kier alpha value is -3.15. The minimum atomic E-state index is -0.942. The number of hydrogen-bond donors (Lipinski definition) is 2. The zero-order chi connectivity index (χ0) is 17.6. The van der Waals surface area contributed by atoms with E-state index in [-0.39, 0.29) is 34.1 Å². The number of non-ortho nitro benzene ring substituents is 1. The van der Waals surface area contributed by atoms with Gasteiger partial charge in [-0.25, -0.2) is 4.79 Å². The number of benzene rings is 2. The van der Waals surface area contributed by atoms with Crippen LogP contribution in [0, 0.1) is 16.0 Å². The second-order valence-corrected chi connectivity index (χ2v) is 6.43. The van der Waals surface area contributed by atoms with Crippen molar-refractivity contribution < 1.29 is 14.8 Å². The van der Waals surface area contributed by atoms with Gasteiger partial charge in [0, 0.05) is 23.7 Å². The molecule has 6 heteroatoms. The second-order valence-electron chi connectivity index (χ2n) is 6.43. The summed E-state index contributed by atoms with van der Waals surface area (Å²) in [5.41, 5.74) is 3.08. The van der Waals surface area contributed by atoms with E-state index in [1.165, 1.54) is 6.07 Å². The van der Waals surface area contributed by atoms with Crippen LogP contribution in [0.25, 0.3) is 0 Å². The Balaban J connectivity index is 1.77. The Labute approximate surface area is 144 Å². The first-order valence-corrected chi connectivity index (χ1v) is 8.09. The van der Waals surface area contributed by atoms with E-state index >= 15 is 0 Å². The van der Waals surface area contributed by atoms with Gasteiger partial charge in [-0.15, -0.1) is 0 Å². The van der Waals surface area contributed by atoms with E-state index in [4.69, 9.17) is 0 Å². The molecule has 0 saturated heterocycles. The molecule has 2 aromatic carbocycles. The molecule has 25 heavy (non-hydrogen) atoms. The standard InChI is InChI=1S/C19H16N2O4/c22-19(23)12-7-8-17-16(10-12)14-5-2-6-15(14)18(20-17)11-3-1-4-13(9-11)21(24)25/h1-5,7-10,14-15,18,20H,6H2,(H,22,23)/t14-,15-,18+/m0/s1. The quantitative estimate of drug-likeness (QED) is 0.500. The molecule has 2 aromatic rings. The molecular formula is C19H16N2O4. The molecule has 6 nitrogen and oxygen atoms in total. The lowest BCUT2D eigenvalue weighted by molar-refractivity contribution is -0.384. The minimum absolute atomic E-state index is 0.0527. The molecule has 0 fully saturated rings. The smallest absolute Gasteiger partial charge is 0.335 e. The Kier molecular flexibility index (Phi) is 3.53. The van der Waals surface area contributed by atoms with Gasteiger partial charge in [0.15, 0.2) is 0 Å². The van der Waals surface area contributed by atoms with E-state index in [9.17, 15) is 20.0 Å². The molecule has 126 valence electrons. The fourth-order valence-corrected chi connectivity index (χ4v) is 3.89. The van der Waals surface area contributed by atoms with Crippen molar-refractivity contribution in [3.8, 4) is 0 Å². The monoisotopic (exact) mass is 336 g/mol. The summed E-state index contributed by atoms with van der Waals surface area (Å²) in [6.07, 6.45) is 5.06. The molecule has 0 bridgehead atoms. The number of carboxylic acids is 1. The third kappa shape index (κ3) is 2.55. The van der Waals surface area contributed by atoms with Crippen molar-refractivity contribution in [2.24, 2.45) is 5.92 Å². The molecule has 0 saturated carbocycles. The fraction of sp³-hybridized carbons (Fsp3) is 0.211. The van der Waals surface area contributed by atoms with Gasteiger partial charge in [-0.2, -0.15) is 0 Å². The first-order valence-electron chi connectivity index (χ1n) is 8.09. The van der Waals surface area contributed by atoms with Crippen LogP contribution in [-0.2, 0) is 0 Å². The zero-order valence-electron chi connectivity index (χ0n) is 13.3. The summed E-state index contributed by atoms with van der Waals surface area (Å²) in [4.78, 5) is 22.0. The van der Waals surface area contributed by atoms with Crippen LogP contribution >= 0.6 is 0 Å². The lowest BCUT2D eigenvalue weighted by atomic mass is 9.76. The van der Waals surface area contributed by atoms with Crippen LogP contribution in [0.1, 0.15) is 39.9 Å². The highest BCUT2D eigenvalue weighted by Crippen LogP contribution is 2.50. The average Bonchev–Trinajstić information content (AvgIpc) is 3.10. The van der Waals surface area contributed by atoms with Crippen LogP contribution in [0.3, 0.4) is 0 Å². The lowest BCUT2D eigenvalue weighted by Crippen LogP contribution is -2.29. The zero-order valence-corrected chi connectivity index (χ0v) is 13.3. The highest BCUT2D eigenvalue weighted by atomic mass is 16.6. The lowest BCUT2D eigenvalue weighted by Gasteiger charge is -2.37. The van der Waals surface area contributed by atoms with E-state index in [1.54, 1.807) is 30.3 Å². The number of anilines is 1. The van der Waals surface area contributed by atoms with Gasteiger partial charge in [-0.1, -0.05) is 24.3 Å². The van der Waals surface area contributed by atoms with Crippen molar-refractivity contribution in [3.05, 3.63) is 81.4 Å². The Morgan fingerprint density at radius 1 is 1.24 bits per heavy atom. The van der Waals surface area contributed by atoms with E-state index < -0.39 is 5.97 Å². The molecule has 2 aliphatic rings. The van der Waals surface area contributed by atoms with Crippen LogP contribution in [-0.4, -0.2) is 16.0 Å². The van der Waals surface area contributed by atoms with Gasteiger partial charge in [0.25, 0.3) is 5.69 Å². The number of nitro groups is 1. The third-order valence-electron chi connectivity index (χ3n) is 5.05. The molecule has 0 amide bonds. The third-order valence-corrected chi connectivity index (χ3v) is 5.05. The van der Waals surface area contributed by atoms with Crippen molar-refractivity contribution in [1.29, 1.82) is 0 Å². The van der Waals surface area contributed by atoms with Crippen LogP contribution in [0.5, 0.6) is 0 Å². The first kappa shape index (κ1) is 15.4. The fourth-order valence-electron chi connectivity index (χ4n) is 3.89. The number of allylic oxidation sites excluding steroid dienone is 2. The maximum atomic E-state index is 11.3. The number of rotatable bonds is 3. The molecular weight excluding hydrogens is 320 g/mol. The summed E-state index contributed by atoms with van der Waals surface area (Å²) in [7, 11) is 0. The van der Waals surface area contributed by atoms with Gasteiger partial charge >= 0.3 is 5.97 Å². The number of nitrogens with zero attached hydrogens (tertiary/aromatic N) is 1. The molecule has 0 unspecified atom stereocenters. The van der Waals surface area contributed by atoms with Crippen molar-refractivity contribution in [2.75, 3.05) is 5.32 Å². The van der Waals surface area contributed by atoms with Crippen molar-refractivity contribution in [2.45, 2.75) is 18.4 Å². The maximum absolute atomic E-state index is 11.3. The van der Waals surface area contributed by atoms with Gasteiger partial charge in [-0.3, -0.25) is 10.1 Å². The minimum Gasteiger partial charge on any atom is -0.478 e. The number of carboxylic acid groups (broad SMARTS) is 1. The summed E-state index contributed by atoms with van der Waals surface area (Å²) in [6, 6.07) is 11.7. The molecule has 0 spiro atoms. The number of fused-ring (bicyclic) bond motifs is 3. The highest BCUT2D eigenvalue weighted by Gasteiger charge is 2.38. The van der Waals surface area contributed by atoms with Crippen molar-refractivity contribution in [1.82, 2.24) is 0 Å². The van der Waals surface area contributed by atoms with E-state index in [1.807, 2.05) is 6.07 Å². The highest BCUT2D eigenvalue weighted by molar-refractivity contribution is 5.89. The van der Waals surface area contributed by atoms with Crippen molar-refractivity contribution in [3.63, 3.8) is 0 Å². The molecule has 3 atom stereocenters. The molecule has 1 heterocycles. The molecule has 0 aromatic heterocycles. The normalized spacial score (nSPS) is 23.4. The summed E-state index contributed by atoms with van der Waals surface area (Å²) in [5.74, 6) is -0.625. The van der Waals surface area contributed by atoms with Crippen LogP contribution < -0.4 is 5.32 Å². The summed E-state index contributed by atoms with van der Waals surface area (Å²) >= 11 is 0. The van der Waals surface area contributed by atoms with Gasteiger partial charge in [0.1, 0.15) is 0 Å². The Bertz CT molecular complexity index is 906. The molecule has 4 rings (SSSR count).